The first kappa shape index (κ1) is 37.7. The van der Waals surface area contributed by atoms with Gasteiger partial charge in [-0.05, 0) is 73.9 Å². The van der Waals surface area contributed by atoms with Crippen LogP contribution in [-0.4, -0.2) is 16.4 Å². The number of aryl methyl sites for hydroxylation is 4. The second kappa shape index (κ2) is 18.0. The molecule has 1 aromatic heterocycles. The van der Waals surface area contributed by atoms with Gasteiger partial charge in [-0.2, -0.15) is 0 Å². The van der Waals surface area contributed by atoms with E-state index in [1.807, 2.05) is 26.0 Å². The minimum atomic E-state index is 0. The molecule has 1 heterocycles. The van der Waals surface area contributed by atoms with E-state index in [0.29, 0.717) is 5.02 Å². The van der Waals surface area contributed by atoms with Crippen LogP contribution in [0.2, 0.25) is 5.02 Å². The van der Waals surface area contributed by atoms with Crippen LogP contribution in [0.1, 0.15) is 75.2 Å². The van der Waals surface area contributed by atoms with Gasteiger partial charge >= 0.3 is 16.8 Å². The molecule has 3 aromatic rings. The minimum Gasteiger partial charge on any atom is -1.00 e. The predicted octanol–water partition coefficient (Wildman–Crippen LogP) is -0.724. The summed E-state index contributed by atoms with van der Waals surface area (Å²) >= 11 is 6.53. The Morgan fingerprint density at radius 3 is 1.22 bits per heavy atom. The average Bonchev–Trinajstić information content (AvgIpc) is 2.83. The maximum absolute atomic E-state index is 6.53. The van der Waals surface area contributed by atoms with Crippen LogP contribution >= 0.6 is 11.6 Å². The number of pyridine rings is 1. The Labute approximate surface area is 256 Å². The van der Waals surface area contributed by atoms with E-state index in [1.165, 1.54) is 22.3 Å². The SMILES string of the molecule is CCc1cccc(CC)c1N=C(C)c1cc(Cl)cc(C(C)=Nc2c(CC)cccc2CC)n1.[Cl-].[Cl-].[Cl-].[Co+3]. The summed E-state index contributed by atoms with van der Waals surface area (Å²) in [7, 11) is 0. The summed E-state index contributed by atoms with van der Waals surface area (Å²) < 4.78 is 0. The van der Waals surface area contributed by atoms with Gasteiger partial charge in [-0.25, -0.2) is 4.98 Å². The number of hydrogen-bond acceptors (Lipinski definition) is 3. The third-order valence-electron chi connectivity index (χ3n) is 6.02. The number of aromatic nitrogens is 1. The molecule has 3 rings (SSSR count). The molecule has 0 radical (unpaired) electrons. The van der Waals surface area contributed by atoms with Crippen LogP contribution in [-0.2, 0) is 42.5 Å². The first-order chi connectivity index (χ1) is 15.9. The molecular formula is C29H34Cl4CoN3. The topological polar surface area (TPSA) is 37.6 Å². The summed E-state index contributed by atoms with van der Waals surface area (Å²) in [5, 5.41) is 0.637. The molecule has 3 nitrogen and oxygen atoms in total. The maximum Gasteiger partial charge on any atom is 3.00 e. The summed E-state index contributed by atoms with van der Waals surface area (Å²) in [4.78, 5) is 14.9. The molecule has 2 aromatic carbocycles. The molecule has 0 atom stereocenters. The average molecular weight is 625 g/mol. The third kappa shape index (κ3) is 9.38. The van der Waals surface area contributed by atoms with Crippen molar-refractivity contribution in [3.63, 3.8) is 0 Å². The molecule has 0 N–H and O–H groups in total. The molecule has 0 aliphatic rings. The maximum atomic E-state index is 6.53. The number of benzene rings is 2. The standard InChI is InChI=1S/C29H34ClN3.3ClH.Co/c1-7-21-13-11-14-22(8-2)28(21)31-19(5)26-17-25(30)18-27(33-26)20(6)32-29-23(9-3)15-12-16-24(29)10-4;;;;/h11-18H,7-10H2,1-6H3;3*1H;/q;;;;+3/p-3. The van der Waals surface area contributed by atoms with Crippen LogP contribution in [0, 0.1) is 0 Å². The Morgan fingerprint density at radius 2 is 0.946 bits per heavy atom. The number of para-hydroxylation sites is 2. The number of halogens is 4. The van der Waals surface area contributed by atoms with Gasteiger partial charge in [0.05, 0.1) is 34.2 Å². The molecule has 0 fully saturated rings. The van der Waals surface area contributed by atoms with Gasteiger partial charge in [-0.1, -0.05) is 75.7 Å². The first-order valence-corrected chi connectivity index (χ1v) is 12.3. The number of aliphatic imine (C=N–C) groups is 2. The Morgan fingerprint density at radius 1 is 0.649 bits per heavy atom. The van der Waals surface area contributed by atoms with Crippen molar-refractivity contribution >= 4 is 34.4 Å². The summed E-state index contributed by atoms with van der Waals surface area (Å²) in [6.07, 6.45) is 3.76. The fraction of sp³-hybridized carbons (Fsp3) is 0.345. The van der Waals surface area contributed by atoms with Crippen molar-refractivity contribution in [2.24, 2.45) is 9.98 Å². The zero-order chi connectivity index (χ0) is 24.0. The van der Waals surface area contributed by atoms with Gasteiger partial charge in [0.25, 0.3) is 0 Å². The minimum absolute atomic E-state index is 0. The van der Waals surface area contributed by atoms with Gasteiger partial charge in [0, 0.05) is 5.02 Å². The number of rotatable bonds is 8. The van der Waals surface area contributed by atoms with E-state index in [9.17, 15) is 0 Å². The van der Waals surface area contributed by atoms with Crippen molar-refractivity contribution in [3.8, 4) is 0 Å². The zero-order valence-corrected chi connectivity index (χ0v) is 26.2. The molecular weight excluding hydrogens is 591 g/mol. The molecule has 0 aliphatic carbocycles. The van der Waals surface area contributed by atoms with Crippen molar-refractivity contribution in [2.45, 2.75) is 67.2 Å². The summed E-state index contributed by atoms with van der Waals surface area (Å²) in [5.74, 6) is 0. The largest absolute Gasteiger partial charge is 3.00 e. The van der Waals surface area contributed by atoms with Gasteiger partial charge in [0.1, 0.15) is 0 Å². The number of nitrogens with zero attached hydrogens (tertiary/aromatic N) is 3. The zero-order valence-electron chi connectivity index (χ0n) is 22.1. The Bertz CT molecular complexity index is 1080. The number of hydrogen-bond donors (Lipinski definition) is 0. The molecule has 0 saturated heterocycles. The van der Waals surface area contributed by atoms with E-state index in [-0.39, 0.29) is 54.0 Å². The molecule has 202 valence electrons. The molecule has 0 aliphatic heterocycles. The molecule has 0 bridgehead atoms. The van der Waals surface area contributed by atoms with E-state index in [1.54, 1.807) is 0 Å². The molecule has 0 amide bonds. The molecule has 8 heteroatoms. The summed E-state index contributed by atoms with van der Waals surface area (Å²) in [6, 6.07) is 16.6. The second-order valence-corrected chi connectivity index (χ2v) is 8.65. The Kier molecular flexibility index (Phi) is 18.3. The van der Waals surface area contributed by atoms with Gasteiger partial charge < -0.3 is 37.2 Å². The van der Waals surface area contributed by atoms with Crippen LogP contribution in [0.3, 0.4) is 0 Å². The molecule has 0 saturated carbocycles. The van der Waals surface area contributed by atoms with Crippen LogP contribution in [0.5, 0.6) is 0 Å². The summed E-state index contributed by atoms with van der Waals surface area (Å²) in [5.41, 5.74) is 10.4. The van der Waals surface area contributed by atoms with Crippen LogP contribution < -0.4 is 37.2 Å². The Balaban J connectivity index is 0. The van der Waals surface area contributed by atoms with Crippen molar-refractivity contribution in [1.29, 1.82) is 0 Å². The Hall–Kier alpha value is -1.40. The van der Waals surface area contributed by atoms with Crippen LogP contribution in [0.25, 0.3) is 0 Å². The van der Waals surface area contributed by atoms with E-state index in [0.717, 1.165) is 59.9 Å². The molecule has 0 unspecified atom stereocenters. The van der Waals surface area contributed by atoms with Crippen LogP contribution in [0.15, 0.2) is 58.5 Å². The van der Waals surface area contributed by atoms with Gasteiger partial charge in [-0.15, -0.1) is 0 Å². The quantitative estimate of drug-likeness (QED) is 0.305. The van der Waals surface area contributed by atoms with E-state index < -0.39 is 0 Å². The second-order valence-electron chi connectivity index (χ2n) is 8.21. The van der Waals surface area contributed by atoms with Crippen LogP contribution in [0.4, 0.5) is 11.4 Å². The predicted molar refractivity (Wildman–Crippen MR) is 143 cm³/mol. The molecule has 0 spiro atoms. The normalized spacial score (nSPS) is 11.0. The fourth-order valence-corrected chi connectivity index (χ4v) is 4.24. The molecule has 37 heavy (non-hydrogen) atoms. The van der Waals surface area contributed by atoms with E-state index >= 15 is 0 Å². The van der Waals surface area contributed by atoms with Gasteiger partial charge in [0.2, 0.25) is 0 Å². The van der Waals surface area contributed by atoms with Crippen molar-refractivity contribution < 1.29 is 54.0 Å². The summed E-state index contributed by atoms with van der Waals surface area (Å²) in [6.45, 7) is 12.7. The first-order valence-electron chi connectivity index (χ1n) is 11.9. The third-order valence-corrected chi connectivity index (χ3v) is 6.24. The van der Waals surface area contributed by atoms with Crippen molar-refractivity contribution in [3.05, 3.63) is 87.2 Å². The van der Waals surface area contributed by atoms with E-state index in [4.69, 9.17) is 26.6 Å². The fourth-order valence-electron chi connectivity index (χ4n) is 4.04. The van der Waals surface area contributed by atoms with Gasteiger partial charge in [0.15, 0.2) is 0 Å². The van der Waals surface area contributed by atoms with Crippen molar-refractivity contribution in [2.75, 3.05) is 0 Å². The van der Waals surface area contributed by atoms with Crippen molar-refractivity contribution in [1.82, 2.24) is 4.98 Å². The van der Waals surface area contributed by atoms with Gasteiger partial charge in [-0.3, -0.25) is 9.98 Å². The monoisotopic (exact) mass is 623 g/mol. The smallest absolute Gasteiger partial charge is 1.00 e. The van der Waals surface area contributed by atoms with E-state index in [2.05, 4.69) is 64.1 Å².